The molecule has 0 aliphatic heterocycles. The van der Waals surface area contributed by atoms with Crippen LogP contribution in [0.1, 0.15) is 5.56 Å². The lowest BCUT2D eigenvalue weighted by Gasteiger charge is -2.05. The Morgan fingerprint density at radius 1 is 1.05 bits per heavy atom. The minimum Gasteiger partial charge on any atom is -0.497 e. The molecule has 0 aromatic heterocycles. The van der Waals surface area contributed by atoms with Crippen molar-refractivity contribution in [2.75, 3.05) is 13.9 Å². The normalized spacial score (nSPS) is 10.3. The Balaban J connectivity index is 1.79. The van der Waals surface area contributed by atoms with E-state index in [1.165, 1.54) is 6.08 Å². The van der Waals surface area contributed by atoms with Gasteiger partial charge < -0.3 is 14.2 Å². The van der Waals surface area contributed by atoms with E-state index in [9.17, 15) is 4.79 Å². The van der Waals surface area contributed by atoms with E-state index in [0.29, 0.717) is 5.75 Å². The van der Waals surface area contributed by atoms with Crippen molar-refractivity contribution in [3.05, 3.63) is 66.2 Å². The van der Waals surface area contributed by atoms with Crippen LogP contribution in [0.4, 0.5) is 0 Å². The molecule has 0 bridgehead atoms. The predicted octanol–water partition coefficient (Wildman–Crippen LogP) is 3.29. The van der Waals surface area contributed by atoms with E-state index < -0.39 is 5.97 Å². The molecule has 0 radical (unpaired) electrons. The van der Waals surface area contributed by atoms with Gasteiger partial charge in [0.1, 0.15) is 11.5 Å². The van der Waals surface area contributed by atoms with Gasteiger partial charge in [-0.05, 0) is 35.9 Å². The van der Waals surface area contributed by atoms with Gasteiger partial charge >= 0.3 is 5.97 Å². The number of para-hydroxylation sites is 1. The molecule has 21 heavy (non-hydrogen) atoms. The molecule has 0 fully saturated rings. The van der Waals surface area contributed by atoms with Crippen molar-refractivity contribution in [1.29, 1.82) is 0 Å². The first-order valence-electron chi connectivity index (χ1n) is 6.44. The van der Waals surface area contributed by atoms with Crippen LogP contribution in [0.2, 0.25) is 0 Å². The quantitative estimate of drug-likeness (QED) is 0.464. The minimum absolute atomic E-state index is 0.120. The lowest BCUT2D eigenvalue weighted by Crippen LogP contribution is -2.07. The SMILES string of the molecule is COc1cccc(/C=C/C(=O)OCOc2ccccc2)c1. The van der Waals surface area contributed by atoms with Crippen molar-refractivity contribution in [2.24, 2.45) is 0 Å². The largest absolute Gasteiger partial charge is 0.497 e. The molecular formula is C17H16O4. The van der Waals surface area contributed by atoms with Crippen LogP contribution in [-0.4, -0.2) is 19.9 Å². The van der Waals surface area contributed by atoms with Crippen LogP contribution in [0.15, 0.2) is 60.7 Å². The summed E-state index contributed by atoms with van der Waals surface area (Å²) in [4.78, 5) is 11.5. The fraction of sp³-hybridized carbons (Fsp3) is 0.118. The Kier molecular flexibility index (Phi) is 5.41. The van der Waals surface area contributed by atoms with Crippen LogP contribution in [0.5, 0.6) is 11.5 Å². The highest BCUT2D eigenvalue weighted by atomic mass is 16.7. The molecule has 2 aromatic carbocycles. The monoisotopic (exact) mass is 284 g/mol. The maximum Gasteiger partial charge on any atom is 0.333 e. The number of rotatable bonds is 6. The molecule has 0 N–H and O–H groups in total. The maximum atomic E-state index is 11.5. The summed E-state index contributed by atoms with van der Waals surface area (Å²) >= 11 is 0. The van der Waals surface area contributed by atoms with Crippen LogP contribution in [0, 0.1) is 0 Å². The van der Waals surface area contributed by atoms with E-state index in [0.717, 1.165) is 11.3 Å². The van der Waals surface area contributed by atoms with Crippen molar-refractivity contribution in [3.63, 3.8) is 0 Å². The summed E-state index contributed by atoms with van der Waals surface area (Å²) in [5.74, 6) is 0.925. The summed E-state index contributed by atoms with van der Waals surface area (Å²) < 4.78 is 15.3. The molecule has 4 nitrogen and oxygen atoms in total. The molecule has 0 aliphatic rings. The zero-order valence-corrected chi connectivity index (χ0v) is 11.7. The van der Waals surface area contributed by atoms with Gasteiger partial charge in [0, 0.05) is 6.08 Å². The minimum atomic E-state index is -0.464. The molecule has 0 amide bonds. The van der Waals surface area contributed by atoms with Crippen LogP contribution in [-0.2, 0) is 9.53 Å². The van der Waals surface area contributed by atoms with E-state index in [1.807, 2.05) is 42.5 Å². The Labute approximate surface area is 123 Å². The van der Waals surface area contributed by atoms with Gasteiger partial charge in [-0.2, -0.15) is 0 Å². The summed E-state index contributed by atoms with van der Waals surface area (Å²) in [7, 11) is 1.60. The number of methoxy groups -OCH3 is 1. The summed E-state index contributed by atoms with van der Waals surface area (Å²) in [6.07, 6.45) is 3.01. The third-order valence-electron chi connectivity index (χ3n) is 2.68. The van der Waals surface area contributed by atoms with Crippen molar-refractivity contribution in [3.8, 4) is 11.5 Å². The number of carbonyl (C=O) groups is 1. The fourth-order valence-corrected chi connectivity index (χ4v) is 1.63. The van der Waals surface area contributed by atoms with Gasteiger partial charge in [-0.15, -0.1) is 0 Å². The molecule has 2 rings (SSSR count). The highest BCUT2D eigenvalue weighted by Gasteiger charge is 1.98. The first-order valence-corrected chi connectivity index (χ1v) is 6.44. The van der Waals surface area contributed by atoms with Crippen LogP contribution in [0.3, 0.4) is 0 Å². The molecular weight excluding hydrogens is 268 g/mol. The smallest absolute Gasteiger partial charge is 0.333 e. The zero-order valence-electron chi connectivity index (χ0n) is 11.7. The summed E-state index contributed by atoms with van der Waals surface area (Å²) in [5, 5.41) is 0. The molecule has 0 heterocycles. The van der Waals surface area contributed by atoms with E-state index in [2.05, 4.69) is 0 Å². The fourth-order valence-electron chi connectivity index (χ4n) is 1.63. The number of ether oxygens (including phenoxy) is 3. The van der Waals surface area contributed by atoms with Gasteiger partial charge in [0.2, 0.25) is 6.79 Å². The lowest BCUT2D eigenvalue weighted by molar-refractivity contribution is -0.144. The van der Waals surface area contributed by atoms with E-state index in [1.54, 1.807) is 25.3 Å². The highest BCUT2D eigenvalue weighted by molar-refractivity contribution is 5.87. The highest BCUT2D eigenvalue weighted by Crippen LogP contribution is 2.13. The first-order chi connectivity index (χ1) is 10.3. The molecule has 0 atom stereocenters. The van der Waals surface area contributed by atoms with Gasteiger partial charge in [-0.3, -0.25) is 0 Å². The molecule has 2 aromatic rings. The molecule has 0 spiro atoms. The number of carbonyl (C=O) groups excluding carboxylic acids is 1. The Morgan fingerprint density at radius 3 is 2.57 bits per heavy atom. The van der Waals surface area contributed by atoms with Crippen molar-refractivity contribution >= 4 is 12.0 Å². The molecule has 0 saturated heterocycles. The van der Waals surface area contributed by atoms with Gasteiger partial charge in [-0.1, -0.05) is 30.3 Å². The molecule has 4 heteroatoms. The summed E-state index contributed by atoms with van der Waals surface area (Å²) in [5.41, 5.74) is 0.857. The molecule has 0 aliphatic carbocycles. The topological polar surface area (TPSA) is 44.8 Å². The number of hydrogen-bond donors (Lipinski definition) is 0. The van der Waals surface area contributed by atoms with Gasteiger partial charge in [0.05, 0.1) is 7.11 Å². The number of benzene rings is 2. The first kappa shape index (κ1) is 14.7. The third-order valence-corrected chi connectivity index (χ3v) is 2.68. The van der Waals surface area contributed by atoms with Crippen molar-refractivity contribution in [2.45, 2.75) is 0 Å². The van der Waals surface area contributed by atoms with E-state index in [4.69, 9.17) is 14.2 Å². The summed E-state index contributed by atoms with van der Waals surface area (Å²) in [6, 6.07) is 16.5. The standard InChI is InChI=1S/C17H16O4/c1-19-16-9-5-6-14(12-16)10-11-17(18)21-13-20-15-7-3-2-4-8-15/h2-12H,13H2,1H3/b11-10+. The number of esters is 1. The van der Waals surface area contributed by atoms with Gasteiger partial charge in [0.25, 0.3) is 0 Å². The van der Waals surface area contributed by atoms with Crippen LogP contribution >= 0.6 is 0 Å². The van der Waals surface area contributed by atoms with Crippen LogP contribution < -0.4 is 9.47 Å². The third kappa shape index (κ3) is 5.03. The average molecular weight is 284 g/mol. The van der Waals surface area contributed by atoms with Crippen molar-refractivity contribution < 1.29 is 19.0 Å². The zero-order chi connectivity index (χ0) is 14.9. The van der Waals surface area contributed by atoms with Crippen molar-refractivity contribution in [1.82, 2.24) is 0 Å². The van der Waals surface area contributed by atoms with Crippen LogP contribution in [0.25, 0.3) is 6.08 Å². The predicted molar refractivity (Wildman–Crippen MR) is 80.1 cm³/mol. The van der Waals surface area contributed by atoms with E-state index in [-0.39, 0.29) is 6.79 Å². The lowest BCUT2D eigenvalue weighted by atomic mass is 10.2. The van der Waals surface area contributed by atoms with E-state index >= 15 is 0 Å². The van der Waals surface area contributed by atoms with Gasteiger partial charge in [-0.25, -0.2) is 4.79 Å². The molecule has 0 saturated carbocycles. The maximum absolute atomic E-state index is 11.5. The number of hydrogen-bond acceptors (Lipinski definition) is 4. The Bertz CT molecular complexity index is 605. The second-order valence-corrected chi connectivity index (χ2v) is 4.15. The molecule has 108 valence electrons. The Hall–Kier alpha value is -2.75. The van der Waals surface area contributed by atoms with Gasteiger partial charge in [0.15, 0.2) is 0 Å². The summed E-state index contributed by atoms with van der Waals surface area (Å²) in [6.45, 7) is -0.120. The second-order valence-electron chi connectivity index (χ2n) is 4.15. The second kappa shape index (κ2) is 7.75. The molecule has 0 unspecified atom stereocenters. The average Bonchev–Trinajstić information content (AvgIpc) is 2.54. The Morgan fingerprint density at radius 2 is 1.81 bits per heavy atom.